The maximum atomic E-state index is 13.4. The van der Waals surface area contributed by atoms with Crippen LogP contribution in [0.1, 0.15) is 6.42 Å². The number of thioether (sulfide) groups is 1. The lowest BCUT2D eigenvalue weighted by molar-refractivity contribution is -0.145. The molecule has 0 bridgehead atoms. The first-order valence-corrected chi connectivity index (χ1v) is 7.67. The number of carbonyl (C=O) groups excluding carboxylic acids is 3. The van der Waals surface area contributed by atoms with Crippen LogP contribution in [-0.2, 0) is 19.1 Å². The highest BCUT2D eigenvalue weighted by molar-refractivity contribution is 8.00. The zero-order valence-corrected chi connectivity index (χ0v) is 12.8. The van der Waals surface area contributed by atoms with E-state index < -0.39 is 29.6 Å². The largest absolute Gasteiger partial charge is 0.459 e. The van der Waals surface area contributed by atoms with Gasteiger partial charge in [-0.05, 0) is 12.1 Å². The third kappa shape index (κ3) is 4.92. The van der Waals surface area contributed by atoms with E-state index in [1.807, 2.05) is 0 Å². The molecule has 23 heavy (non-hydrogen) atoms. The number of ether oxygens (including phenoxy) is 1. The SMILES string of the molecule is NC(=O)CN1CC(OC(=O)CSc2ccc(F)cc2F)CC1=O. The fourth-order valence-electron chi connectivity index (χ4n) is 2.10. The molecule has 0 aromatic heterocycles. The number of likely N-dealkylation sites (tertiary alicyclic amines) is 1. The van der Waals surface area contributed by atoms with Crippen LogP contribution in [0.5, 0.6) is 0 Å². The minimum atomic E-state index is -0.758. The minimum Gasteiger partial charge on any atom is -0.459 e. The topological polar surface area (TPSA) is 89.7 Å². The lowest BCUT2D eigenvalue weighted by Crippen LogP contribution is -2.35. The summed E-state index contributed by atoms with van der Waals surface area (Å²) in [7, 11) is 0. The third-order valence-corrected chi connectivity index (χ3v) is 4.09. The van der Waals surface area contributed by atoms with Gasteiger partial charge in [-0.15, -0.1) is 11.8 Å². The molecule has 1 aliphatic heterocycles. The number of nitrogens with two attached hydrogens (primary N) is 1. The van der Waals surface area contributed by atoms with Gasteiger partial charge in [-0.25, -0.2) is 8.78 Å². The van der Waals surface area contributed by atoms with Crippen molar-refractivity contribution in [3.63, 3.8) is 0 Å². The van der Waals surface area contributed by atoms with Crippen molar-refractivity contribution >= 4 is 29.5 Å². The standard InChI is InChI=1S/C14H14F2N2O4S/c15-8-1-2-11(10(16)3-8)23-7-14(21)22-9-4-13(20)18(5-9)6-12(17)19/h1-3,9H,4-7H2,(H2,17,19). The highest BCUT2D eigenvalue weighted by Gasteiger charge is 2.32. The summed E-state index contributed by atoms with van der Waals surface area (Å²) >= 11 is 0.871. The van der Waals surface area contributed by atoms with Crippen molar-refractivity contribution in [1.29, 1.82) is 0 Å². The first-order chi connectivity index (χ1) is 10.8. The first kappa shape index (κ1) is 17.2. The molecule has 1 atom stereocenters. The van der Waals surface area contributed by atoms with Gasteiger partial charge in [0.15, 0.2) is 0 Å². The molecule has 124 valence electrons. The Kier molecular flexibility index (Phi) is 5.54. The number of hydrogen-bond acceptors (Lipinski definition) is 5. The molecule has 0 saturated carbocycles. The lowest BCUT2D eigenvalue weighted by Gasteiger charge is -2.14. The summed E-state index contributed by atoms with van der Waals surface area (Å²) in [6.07, 6.45) is -0.678. The van der Waals surface area contributed by atoms with Crippen molar-refractivity contribution in [2.75, 3.05) is 18.8 Å². The van der Waals surface area contributed by atoms with Crippen molar-refractivity contribution in [2.24, 2.45) is 5.73 Å². The molecule has 1 aromatic rings. The van der Waals surface area contributed by atoms with Gasteiger partial charge in [0.25, 0.3) is 0 Å². The number of nitrogens with zero attached hydrogens (tertiary/aromatic N) is 1. The van der Waals surface area contributed by atoms with Crippen LogP contribution in [0.4, 0.5) is 8.78 Å². The van der Waals surface area contributed by atoms with Crippen LogP contribution >= 0.6 is 11.8 Å². The second-order valence-corrected chi connectivity index (χ2v) is 5.94. The van der Waals surface area contributed by atoms with Crippen molar-refractivity contribution < 1.29 is 27.9 Å². The predicted molar refractivity (Wildman–Crippen MR) is 77.4 cm³/mol. The number of halogens is 2. The molecule has 9 heteroatoms. The Morgan fingerprint density at radius 1 is 1.39 bits per heavy atom. The third-order valence-electron chi connectivity index (χ3n) is 3.06. The molecule has 0 aliphatic carbocycles. The first-order valence-electron chi connectivity index (χ1n) is 6.68. The Morgan fingerprint density at radius 3 is 2.78 bits per heavy atom. The van der Waals surface area contributed by atoms with Crippen molar-refractivity contribution in [3.8, 4) is 0 Å². The summed E-state index contributed by atoms with van der Waals surface area (Å²) in [6.45, 7) is -0.120. The van der Waals surface area contributed by atoms with Gasteiger partial charge in [-0.1, -0.05) is 0 Å². The number of amides is 2. The quantitative estimate of drug-likeness (QED) is 0.606. The number of carbonyl (C=O) groups is 3. The van der Waals surface area contributed by atoms with E-state index >= 15 is 0 Å². The van der Waals surface area contributed by atoms with Crippen LogP contribution in [-0.4, -0.2) is 47.6 Å². The number of benzene rings is 1. The molecule has 2 rings (SSSR count). The van der Waals surface area contributed by atoms with E-state index in [2.05, 4.69) is 0 Å². The van der Waals surface area contributed by atoms with E-state index in [1.54, 1.807) is 0 Å². The zero-order valence-electron chi connectivity index (χ0n) is 12.0. The van der Waals surface area contributed by atoms with Gasteiger partial charge < -0.3 is 15.4 Å². The Morgan fingerprint density at radius 2 is 2.13 bits per heavy atom. The molecule has 6 nitrogen and oxygen atoms in total. The van der Waals surface area contributed by atoms with Gasteiger partial charge in [0.1, 0.15) is 17.7 Å². The normalized spacial score (nSPS) is 17.4. The van der Waals surface area contributed by atoms with E-state index in [9.17, 15) is 23.2 Å². The molecule has 2 N–H and O–H groups in total. The summed E-state index contributed by atoms with van der Waals surface area (Å²) in [5.74, 6) is -3.23. The monoisotopic (exact) mass is 344 g/mol. The van der Waals surface area contributed by atoms with Gasteiger partial charge in [0.2, 0.25) is 11.8 Å². The number of rotatable bonds is 6. The van der Waals surface area contributed by atoms with E-state index in [4.69, 9.17) is 10.5 Å². The maximum Gasteiger partial charge on any atom is 0.316 e. The van der Waals surface area contributed by atoms with Crippen LogP contribution in [0.25, 0.3) is 0 Å². The lowest BCUT2D eigenvalue weighted by atomic mass is 10.3. The Balaban J connectivity index is 1.81. The molecular formula is C14H14F2N2O4S. The summed E-state index contributed by atoms with van der Waals surface area (Å²) < 4.78 is 31.3. The van der Waals surface area contributed by atoms with Gasteiger partial charge in [-0.2, -0.15) is 0 Å². The average molecular weight is 344 g/mol. The summed E-state index contributed by atoms with van der Waals surface area (Å²) in [5.41, 5.74) is 5.01. The average Bonchev–Trinajstić information content (AvgIpc) is 2.77. The Hall–Kier alpha value is -2.16. The van der Waals surface area contributed by atoms with E-state index in [0.29, 0.717) is 0 Å². The Bertz CT molecular complexity index is 641. The molecule has 1 saturated heterocycles. The molecule has 0 spiro atoms. The molecule has 1 aromatic carbocycles. The number of primary amides is 1. The van der Waals surface area contributed by atoms with Crippen LogP contribution in [0.2, 0.25) is 0 Å². The summed E-state index contributed by atoms with van der Waals surface area (Å²) in [6, 6.07) is 3.05. The molecule has 1 heterocycles. The number of esters is 1. The molecular weight excluding hydrogens is 330 g/mol. The van der Waals surface area contributed by atoms with Gasteiger partial charge in [0.05, 0.1) is 25.3 Å². The van der Waals surface area contributed by atoms with Crippen LogP contribution in [0.15, 0.2) is 23.1 Å². The fourth-order valence-corrected chi connectivity index (χ4v) is 2.81. The smallest absolute Gasteiger partial charge is 0.316 e. The van der Waals surface area contributed by atoms with E-state index in [-0.39, 0.29) is 36.1 Å². The van der Waals surface area contributed by atoms with E-state index in [0.717, 1.165) is 23.9 Å². The Labute approximate surface area is 134 Å². The van der Waals surface area contributed by atoms with Crippen LogP contribution < -0.4 is 5.73 Å². The zero-order chi connectivity index (χ0) is 17.0. The molecule has 1 fully saturated rings. The van der Waals surface area contributed by atoms with Crippen LogP contribution in [0, 0.1) is 11.6 Å². The van der Waals surface area contributed by atoms with Gasteiger partial charge in [0, 0.05) is 11.0 Å². The number of hydrogen-bond donors (Lipinski definition) is 1. The summed E-state index contributed by atoms with van der Waals surface area (Å²) in [4.78, 5) is 35.5. The minimum absolute atomic E-state index is 0.0192. The van der Waals surface area contributed by atoms with Crippen molar-refractivity contribution in [2.45, 2.75) is 17.4 Å². The van der Waals surface area contributed by atoms with E-state index in [1.165, 1.54) is 11.0 Å². The molecule has 2 amide bonds. The molecule has 0 radical (unpaired) electrons. The predicted octanol–water partition coefficient (Wildman–Crippen LogP) is 0.686. The maximum absolute atomic E-state index is 13.4. The van der Waals surface area contributed by atoms with Crippen molar-refractivity contribution in [1.82, 2.24) is 4.90 Å². The second-order valence-electron chi connectivity index (χ2n) is 4.92. The highest BCUT2D eigenvalue weighted by Crippen LogP contribution is 2.23. The molecule has 1 unspecified atom stereocenters. The molecule has 1 aliphatic rings. The second kappa shape index (κ2) is 7.40. The van der Waals surface area contributed by atoms with Gasteiger partial charge in [-0.3, -0.25) is 14.4 Å². The highest BCUT2D eigenvalue weighted by atomic mass is 32.2. The van der Waals surface area contributed by atoms with Crippen molar-refractivity contribution in [3.05, 3.63) is 29.8 Å². The van der Waals surface area contributed by atoms with Gasteiger partial charge >= 0.3 is 5.97 Å². The summed E-state index contributed by atoms with van der Waals surface area (Å²) in [5, 5.41) is 0. The fraction of sp³-hybridized carbons (Fsp3) is 0.357. The van der Waals surface area contributed by atoms with Crippen LogP contribution in [0.3, 0.4) is 0 Å².